The number of ketones is 1. The minimum absolute atomic E-state index is 0.528. The summed E-state index contributed by atoms with van der Waals surface area (Å²) in [6.45, 7) is 2.21. The number of carbonyl (C=O) groups excluding carboxylic acids is 1. The van der Waals surface area contributed by atoms with Crippen molar-refractivity contribution in [3.05, 3.63) is 0 Å². The number of piperidine rings is 1. The number of Topliss-reactive ketones (excluding diaryl/α,β-unsaturated/α-hetero) is 1. The SMILES string of the molecule is O=C(CC1CCCCC1)CC1CCCNC1. The molecule has 0 spiro atoms. The predicted octanol–water partition coefficient (Wildman–Crippen LogP) is 2.92. The van der Waals surface area contributed by atoms with Crippen LogP contribution in [-0.4, -0.2) is 18.9 Å². The molecule has 2 fully saturated rings. The van der Waals surface area contributed by atoms with Crippen LogP contribution >= 0.6 is 0 Å². The Morgan fingerprint density at radius 1 is 0.938 bits per heavy atom. The summed E-state index contributed by atoms with van der Waals surface area (Å²) in [7, 11) is 0. The third-order valence-corrected chi connectivity index (χ3v) is 4.16. The zero-order chi connectivity index (χ0) is 11.2. The fourth-order valence-corrected chi connectivity index (χ4v) is 3.22. The van der Waals surface area contributed by atoms with Gasteiger partial charge in [-0.2, -0.15) is 0 Å². The van der Waals surface area contributed by atoms with Crippen molar-refractivity contribution >= 4 is 5.78 Å². The molecule has 2 heteroatoms. The molecule has 1 N–H and O–H groups in total. The molecule has 16 heavy (non-hydrogen) atoms. The van der Waals surface area contributed by atoms with E-state index in [1.54, 1.807) is 0 Å². The number of nitrogens with one attached hydrogen (secondary N) is 1. The van der Waals surface area contributed by atoms with Crippen molar-refractivity contribution in [3.8, 4) is 0 Å². The summed E-state index contributed by atoms with van der Waals surface area (Å²) in [6.07, 6.45) is 10.9. The van der Waals surface area contributed by atoms with Crippen LogP contribution in [0.3, 0.4) is 0 Å². The van der Waals surface area contributed by atoms with E-state index < -0.39 is 0 Å². The first kappa shape index (κ1) is 12.1. The average molecular weight is 223 g/mol. The Labute approximate surface area is 99.2 Å². The molecule has 1 aliphatic heterocycles. The lowest BCUT2D eigenvalue weighted by Crippen LogP contribution is -2.31. The van der Waals surface area contributed by atoms with Gasteiger partial charge >= 0.3 is 0 Å². The molecule has 1 heterocycles. The van der Waals surface area contributed by atoms with Crippen molar-refractivity contribution < 1.29 is 4.79 Å². The molecule has 92 valence electrons. The van der Waals surface area contributed by atoms with Crippen LogP contribution in [0.2, 0.25) is 0 Å². The molecule has 0 aromatic carbocycles. The zero-order valence-electron chi connectivity index (χ0n) is 10.3. The van der Waals surface area contributed by atoms with Crippen molar-refractivity contribution in [1.29, 1.82) is 0 Å². The monoisotopic (exact) mass is 223 g/mol. The van der Waals surface area contributed by atoms with E-state index in [-0.39, 0.29) is 0 Å². The normalized spacial score (nSPS) is 27.9. The van der Waals surface area contributed by atoms with Crippen LogP contribution in [0.5, 0.6) is 0 Å². The molecule has 2 aliphatic rings. The Morgan fingerprint density at radius 3 is 2.31 bits per heavy atom. The second-order valence-corrected chi connectivity index (χ2v) is 5.66. The van der Waals surface area contributed by atoms with Gasteiger partial charge in [0.1, 0.15) is 5.78 Å². The summed E-state index contributed by atoms with van der Waals surface area (Å²) in [5, 5.41) is 3.39. The first-order valence-corrected chi connectivity index (χ1v) is 7.07. The number of rotatable bonds is 4. The lowest BCUT2D eigenvalue weighted by molar-refractivity contribution is -0.121. The molecule has 0 amide bonds. The summed E-state index contributed by atoms with van der Waals surface area (Å²) in [6, 6.07) is 0. The molecule has 0 bridgehead atoms. The van der Waals surface area contributed by atoms with E-state index in [1.165, 1.54) is 44.9 Å². The van der Waals surface area contributed by atoms with Gasteiger partial charge in [0.15, 0.2) is 0 Å². The minimum Gasteiger partial charge on any atom is -0.316 e. The van der Waals surface area contributed by atoms with Gasteiger partial charge in [-0.3, -0.25) is 4.79 Å². The smallest absolute Gasteiger partial charge is 0.133 e. The van der Waals surface area contributed by atoms with E-state index in [2.05, 4.69) is 5.32 Å². The van der Waals surface area contributed by atoms with E-state index in [9.17, 15) is 4.79 Å². The quantitative estimate of drug-likeness (QED) is 0.794. The van der Waals surface area contributed by atoms with Crippen molar-refractivity contribution in [2.75, 3.05) is 13.1 Å². The Bertz CT molecular complexity index is 193. The maximum absolute atomic E-state index is 12.0. The van der Waals surface area contributed by atoms with Gasteiger partial charge in [0.05, 0.1) is 0 Å². The van der Waals surface area contributed by atoms with E-state index in [0.29, 0.717) is 11.7 Å². The third-order valence-electron chi connectivity index (χ3n) is 4.16. The highest BCUT2D eigenvalue weighted by Crippen LogP contribution is 2.27. The summed E-state index contributed by atoms with van der Waals surface area (Å²) in [4.78, 5) is 12.0. The van der Waals surface area contributed by atoms with Crippen LogP contribution in [0, 0.1) is 11.8 Å². The summed E-state index contributed by atoms with van der Waals surface area (Å²) < 4.78 is 0. The summed E-state index contributed by atoms with van der Waals surface area (Å²) in [5.74, 6) is 1.88. The highest BCUT2D eigenvalue weighted by atomic mass is 16.1. The van der Waals surface area contributed by atoms with E-state index in [4.69, 9.17) is 0 Å². The molecule has 1 unspecified atom stereocenters. The molecule has 1 aliphatic carbocycles. The van der Waals surface area contributed by atoms with Crippen LogP contribution in [0.1, 0.15) is 57.8 Å². The van der Waals surface area contributed by atoms with Gasteiger partial charge in [0, 0.05) is 12.8 Å². The molecule has 2 rings (SSSR count). The van der Waals surface area contributed by atoms with Crippen LogP contribution < -0.4 is 5.32 Å². The Kier molecular flexibility index (Phi) is 4.83. The fourth-order valence-electron chi connectivity index (χ4n) is 3.22. The highest BCUT2D eigenvalue weighted by molar-refractivity contribution is 5.78. The van der Waals surface area contributed by atoms with Crippen molar-refractivity contribution in [1.82, 2.24) is 5.32 Å². The van der Waals surface area contributed by atoms with Crippen LogP contribution in [-0.2, 0) is 4.79 Å². The predicted molar refractivity (Wildman–Crippen MR) is 66.4 cm³/mol. The van der Waals surface area contributed by atoms with Crippen LogP contribution in [0.15, 0.2) is 0 Å². The van der Waals surface area contributed by atoms with Gasteiger partial charge in [-0.05, 0) is 37.8 Å². The van der Waals surface area contributed by atoms with E-state index in [1.807, 2.05) is 0 Å². The third kappa shape index (κ3) is 3.89. The van der Waals surface area contributed by atoms with Crippen molar-refractivity contribution in [2.45, 2.75) is 57.8 Å². The molecule has 0 radical (unpaired) electrons. The van der Waals surface area contributed by atoms with Gasteiger partial charge < -0.3 is 5.32 Å². The topological polar surface area (TPSA) is 29.1 Å². The van der Waals surface area contributed by atoms with Gasteiger partial charge in [-0.1, -0.05) is 32.1 Å². The molecule has 1 atom stereocenters. The lowest BCUT2D eigenvalue weighted by Gasteiger charge is -2.24. The average Bonchev–Trinajstić information content (AvgIpc) is 2.31. The van der Waals surface area contributed by atoms with E-state index >= 15 is 0 Å². The first-order valence-electron chi connectivity index (χ1n) is 7.07. The van der Waals surface area contributed by atoms with Crippen molar-refractivity contribution in [3.63, 3.8) is 0 Å². The standard InChI is InChI=1S/C14H25NO/c16-14(9-12-5-2-1-3-6-12)10-13-7-4-8-15-11-13/h12-13,15H,1-11H2. The Hall–Kier alpha value is -0.370. The summed E-state index contributed by atoms with van der Waals surface area (Å²) in [5.41, 5.74) is 0. The Morgan fingerprint density at radius 2 is 1.62 bits per heavy atom. The molecular formula is C14H25NO. The first-order chi connectivity index (χ1) is 7.84. The maximum atomic E-state index is 12.0. The maximum Gasteiger partial charge on any atom is 0.133 e. The van der Waals surface area contributed by atoms with Crippen LogP contribution in [0.25, 0.3) is 0 Å². The molecule has 2 nitrogen and oxygen atoms in total. The number of hydrogen-bond donors (Lipinski definition) is 1. The van der Waals surface area contributed by atoms with Gasteiger partial charge in [-0.25, -0.2) is 0 Å². The minimum atomic E-state index is 0.528. The lowest BCUT2D eigenvalue weighted by atomic mass is 9.83. The second-order valence-electron chi connectivity index (χ2n) is 5.66. The van der Waals surface area contributed by atoms with Gasteiger partial charge in [0.2, 0.25) is 0 Å². The highest BCUT2D eigenvalue weighted by Gasteiger charge is 2.20. The zero-order valence-corrected chi connectivity index (χ0v) is 10.3. The fraction of sp³-hybridized carbons (Fsp3) is 0.929. The second kappa shape index (κ2) is 6.39. The summed E-state index contributed by atoms with van der Waals surface area (Å²) >= 11 is 0. The molecule has 0 aromatic rings. The van der Waals surface area contributed by atoms with Gasteiger partial charge in [-0.15, -0.1) is 0 Å². The van der Waals surface area contributed by atoms with Crippen LogP contribution in [0.4, 0.5) is 0 Å². The molecule has 0 aromatic heterocycles. The molecular weight excluding hydrogens is 198 g/mol. The van der Waals surface area contributed by atoms with E-state index in [0.717, 1.165) is 31.8 Å². The van der Waals surface area contributed by atoms with Gasteiger partial charge in [0.25, 0.3) is 0 Å². The largest absolute Gasteiger partial charge is 0.316 e. The van der Waals surface area contributed by atoms with Crippen molar-refractivity contribution in [2.24, 2.45) is 11.8 Å². The molecule has 1 saturated heterocycles. The number of hydrogen-bond acceptors (Lipinski definition) is 2. The number of carbonyl (C=O) groups is 1. The molecule has 1 saturated carbocycles. The Balaban J connectivity index is 1.66.